The van der Waals surface area contributed by atoms with Gasteiger partial charge in [0.15, 0.2) is 0 Å². The van der Waals surface area contributed by atoms with E-state index in [1.165, 1.54) is 16.7 Å². The van der Waals surface area contributed by atoms with Gasteiger partial charge in [-0.25, -0.2) is 0 Å². The largest absolute Gasteiger partial charge is 0.313 e. The maximum Gasteiger partial charge on any atom is 0.0237 e. The molecule has 0 saturated heterocycles. The van der Waals surface area contributed by atoms with Crippen LogP contribution in [0.4, 0.5) is 0 Å². The third-order valence-electron chi connectivity index (χ3n) is 2.95. The average molecular weight is 246 g/mol. The molecule has 1 N–H and O–H groups in total. The molecule has 0 aliphatic carbocycles. The molecule has 0 aromatic heterocycles. The number of rotatable bonds is 8. The molecule has 1 rings (SSSR count). The minimum absolute atomic E-state index is 0.958. The number of benzene rings is 1. The highest BCUT2D eigenvalue weighted by atomic mass is 15.1. The van der Waals surface area contributed by atoms with Crippen LogP contribution >= 0.6 is 0 Å². The van der Waals surface area contributed by atoms with Crippen molar-refractivity contribution in [3.63, 3.8) is 0 Å². The zero-order chi connectivity index (χ0) is 13.4. The normalized spacial score (nSPS) is 10.9. The van der Waals surface area contributed by atoms with Crippen LogP contribution in [-0.2, 0) is 13.1 Å². The third-order valence-corrected chi connectivity index (χ3v) is 2.95. The number of nitrogens with zero attached hydrogens (tertiary/aromatic N) is 1. The Hall–Kier alpha value is -1.12. The molecule has 100 valence electrons. The molecule has 0 aliphatic heterocycles. The lowest BCUT2D eigenvalue weighted by atomic mass is 10.1. The van der Waals surface area contributed by atoms with Crippen LogP contribution in [0.3, 0.4) is 0 Å². The fraction of sp³-hybridized carbons (Fsp3) is 0.500. The Balaban J connectivity index is 2.53. The van der Waals surface area contributed by atoms with Gasteiger partial charge in [0.2, 0.25) is 0 Å². The van der Waals surface area contributed by atoms with Gasteiger partial charge >= 0.3 is 0 Å². The van der Waals surface area contributed by atoms with Gasteiger partial charge in [0.25, 0.3) is 0 Å². The summed E-state index contributed by atoms with van der Waals surface area (Å²) >= 11 is 0. The van der Waals surface area contributed by atoms with Crippen molar-refractivity contribution in [1.82, 2.24) is 10.2 Å². The predicted molar refractivity (Wildman–Crippen MR) is 79.6 cm³/mol. The first kappa shape index (κ1) is 14.9. The summed E-state index contributed by atoms with van der Waals surface area (Å²) in [6, 6.07) is 8.89. The lowest BCUT2D eigenvalue weighted by Crippen LogP contribution is -2.24. The van der Waals surface area contributed by atoms with Crippen molar-refractivity contribution >= 4 is 0 Å². The highest BCUT2D eigenvalue weighted by Gasteiger charge is 2.03. The van der Waals surface area contributed by atoms with E-state index in [4.69, 9.17) is 0 Å². The molecule has 1 aromatic rings. The molecule has 0 aliphatic rings. The van der Waals surface area contributed by atoms with Crippen LogP contribution in [0.2, 0.25) is 0 Å². The van der Waals surface area contributed by atoms with Gasteiger partial charge in [-0.2, -0.15) is 0 Å². The first-order valence-corrected chi connectivity index (χ1v) is 6.81. The minimum atomic E-state index is 0.958. The Labute approximate surface area is 112 Å². The molecule has 0 amide bonds. The molecule has 0 spiro atoms. The van der Waals surface area contributed by atoms with Crippen LogP contribution in [-0.4, -0.2) is 24.5 Å². The van der Waals surface area contributed by atoms with Crippen LogP contribution in [0, 0.1) is 0 Å². The Morgan fingerprint density at radius 2 is 1.78 bits per heavy atom. The summed E-state index contributed by atoms with van der Waals surface area (Å²) in [6.45, 7) is 15.4. The molecule has 0 fully saturated rings. The molecule has 2 nitrogen and oxygen atoms in total. The highest BCUT2D eigenvalue weighted by Crippen LogP contribution is 2.08. The lowest BCUT2D eigenvalue weighted by Gasteiger charge is -2.20. The fourth-order valence-electron chi connectivity index (χ4n) is 1.95. The third kappa shape index (κ3) is 5.48. The number of nitrogens with one attached hydrogen (secondary N) is 1. The van der Waals surface area contributed by atoms with Crippen LogP contribution in [0.5, 0.6) is 0 Å². The van der Waals surface area contributed by atoms with E-state index in [0.717, 1.165) is 32.7 Å². The van der Waals surface area contributed by atoms with Gasteiger partial charge in [0.05, 0.1) is 0 Å². The summed E-state index contributed by atoms with van der Waals surface area (Å²) in [5.74, 6) is 0. The van der Waals surface area contributed by atoms with Crippen LogP contribution in [0.15, 0.2) is 36.4 Å². The smallest absolute Gasteiger partial charge is 0.0237 e. The summed E-state index contributed by atoms with van der Waals surface area (Å²) in [7, 11) is 0. The van der Waals surface area contributed by atoms with E-state index >= 15 is 0 Å². The molecule has 0 heterocycles. The second kappa shape index (κ2) is 8.06. The molecule has 18 heavy (non-hydrogen) atoms. The highest BCUT2D eigenvalue weighted by molar-refractivity contribution is 5.22. The van der Waals surface area contributed by atoms with E-state index in [2.05, 4.69) is 61.8 Å². The average Bonchev–Trinajstić information content (AvgIpc) is 2.36. The monoisotopic (exact) mass is 246 g/mol. The van der Waals surface area contributed by atoms with Crippen molar-refractivity contribution in [2.24, 2.45) is 0 Å². The van der Waals surface area contributed by atoms with E-state index in [1.807, 2.05) is 0 Å². The Bertz CT molecular complexity index is 354. The standard InChI is InChI=1S/C16H26N2/c1-5-17-11-15-7-9-16(10-8-15)13-18(6-2)12-14(3)4/h7-10,17H,3,5-6,11-13H2,1-2,4H3. The van der Waals surface area contributed by atoms with Crippen LogP contribution in [0.25, 0.3) is 0 Å². The Morgan fingerprint density at radius 3 is 2.28 bits per heavy atom. The Kier molecular flexibility index (Phi) is 6.69. The van der Waals surface area contributed by atoms with E-state index in [1.54, 1.807) is 0 Å². The van der Waals surface area contributed by atoms with Gasteiger partial charge in [0, 0.05) is 19.6 Å². The second-order valence-corrected chi connectivity index (χ2v) is 4.86. The van der Waals surface area contributed by atoms with Gasteiger partial charge in [0.1, 0.15) is 0 Å². The zero-order valence-electron chi connectivity index (χ0n) is 12.0. The zero-order valence-corrected chi connectivity index (χ0v) is 12.0. The minimum Gasteiger partial charge on any atom is -0.313 e. The Morgan fingerprint density at radius 1 is 1.17 bits per heavy atom. The lowest BCUT2D eigenvalue weighted by molar-refractivity contribution is 0.304. The van der Waals surface area contributed by atoms with Gasteiger partial charge in [-0.05, 0) is 31.1 Å². The number of hydrogen-bond acceptors (Lipinski definition) is 2. The van der Waals surface area contributed by atoms with Crippen molar-refractivity contribution in [3.05, 3.63) is 47.5 Å². The van der Waals surface area contributed by atoms with Gasteiger partial charge in [-0.3, -0.25) is 4.90 Å². The summed E-state index contributed by atoms with van der Waals surface area (Å²) in [5.41, 5.74) is 3.95. The van der Waals surface area contributed by atoms with Crippen LogP contribution in [0.1, 0.15) is 31.9 Å². The summed E-state index contributed by atoms with van der Waals surface area (Å²) in [5, 5.41) is 3.34. The topological polar surface area (TPSA) is 15.3 Å². The second-order valence-electron chi connectivity index (χ2n) is 4.86. The SMILES string of the molecule is C=C(C)CN(CC)Cc1ccc(CNCC)cc1. The van der Waals surface area contributed by atoms with Gasteiger partial charge in [-0.15, -0.1) is 0 Å². The van der Waals surface area contributed by atoms with Crippen molar-refractivity contribution in [3.8, 4) is 0 Å². The first-order chi connectivity index (χ1) is 8.65. The van der Waals surface area contributed by atoms with E-state index < -0.39 is 0 Å². The van der Waals surface area contributed by atoms with Crippen molar-refractivity contribution in [1.29, 1.82) is 0 Å². The van der Waals surface area contributed by atoms with Crippen molar-refractivity contribution < 1.29 is 0 Å². The quantitative estimate of drug-likeness (QED) is 0.709. The molecule has 0 bridgehead atoms. The summed E-state index contributed by atoms with van der Waals surface area (Å²) in [4.78, 5) is 2.40. The molecular formula is C16H26N2. The maximum atomic E-state index is 3.98. The van der Waals surface area contributed by atoms with Crippen LogP contribution < -0.4 is 5.32 Å². The summed E-state index contributed by atoms with van der Waals surface area (Å²) < 4.78 is 0. The van der Waals surface area contributed by atoms with Gasteiger partial charge < -0.3 is 5.32 Å². The molecule has 1 aromatic carbocycles. The maximum absolute atomic E-state index is 3.98. The predicted octanol–water partition coefficient (Wildman–Crippen LogP) is 3.19. The van der Waals surface area contributed by atoms with Crippen molar-refractivity contribution in [2.45, 2.75) is 33.9 Å². The molecule has 0 radical (unpaired) electrons. The first-order valence-electron chi connectivity index (χ1n) is 6.81. The van der Waals surface area contributed by atoms with Gasteiger partial charge in [-0.1, -0.05) is 50.3 Å². The molecule has 0 atom stereocenters. The fourth-order valence-corrected chi connectivity index (χ4v) is 1.95. The molecular weight excluding hydrogens is 220 g/mol. The van der Waals surface area contributed by atoms with E-state index in [0.29, 0.717) is 0 Å². The summed E-state index contributed by atoms with van der Waals surface area (Å²) in [6.07, 6.45) is 0. The molecule has 0 unspecified atom stereocenters. The van der Waals surface area contributed by atoms with Crippen molar-refractivity contribution in [2.75, 3.05) is 19.6 Å². The van der Waals surface area contributed by atoms with E-state index in [-0.39, 0.29) is 0 Å². The number of likely N-dealkylation sites (N-methyl/N-ethyl adjacent to an activating group) is 1. The molecule has 0 saturated carbocycles. The number of hydrogen-bond donors (Lipinski definition) is 1. The van der Waals surface area contributed by atoms with E-state index in [9.17, 15) is 0 Å². The molecule has 2 heteroatoms.